The predicted molar refractivity (Wildman–Crippen MR) is 332 cm³/mol. The third-order valence-electron chi connectivity index (χ3n) is 21.0. The lowest BCUT2D eigenvalue weighted by Crippen LogP contribution is -2.54. The summed E-state index contributed by atoms with van der Waals surface area (Å²) in [5.41, 5.74) is 15.8. The molecule has 0 spiro atoms. The summed E-state index contributed by atoms with van der Waals surface area (Å²) in [7, 11) is 0. The summed E-state index contributed by atoms with van der Waals surface area (Å²) >= 11 is 0. The second-order valence-corrected chi connectivity index (χ2v) is 24.8. The van der Waals surface area contributed by atoms with E-state index in [1.165, 1.54) is 121 Å². The van der Waals surface area contributed by atoms with Gasteiger partial charge >= 0.3 is 0 Å². The van der Waals surface area contributed by atoms with Gasteiger partial charge in [0, 0.05) is 33.6 Å². The van der Waals surface area contributed by atoms with E-state index in [1.54, 1.807) is 24.3 Å². The molecule has 2 saturated carbocycles. The topological polar surface area (TPSA) is 6.48 Å². The zero-order valence-corrected chi connectivity index (χ0v) is 45.9. The molecule has 4 atom stereocenters. The van der Waals surface area contributed by atoms with Crippen LogP contribution in [0.25, 0.3) is 98.4 Å². The van der Waals surface area contributed by atoms with Crippen molar-refractivity contribution in [3.8, 4) is 44.5 Å². The van der Waals surface area contributed by atoms with Crippen molar-refractivity contribution in [3.63, 3.8) is 0 Å². The van der Waals surface area contributed by atoms with E-state index >= 15 is 8.78 Å². The highest BCUT2D eigenvalue weighted by Gasteiger charge is 2.59. The predicted octanol–water partition coefficient (Wildman–Crippen LogP) is 21.3. The first-order chi connectivity index (χ1) is 39.0. The van der Waals surface area contributed by atoms with Crippen LogP contribution in [0.1, 0.15) is 90.2 Å². The number of hydrogen-bond acceptors (Lipinski definition) is 2. The van der Waals surface area contributed by atoms with Crippen molar-refractivity contribution >= 4 is 76.6 Å². The van der Waals surface area contributed by atoms with Crippen molar-refractivity contribution in [1.82, 2.24) is 0 Å². The van der Waals surface area contributed by atoms with Crippen LogP contribution in [-0.4, -0.2) is 11.1 Å². The zero-order chi connectivity index (χ0) is 53.9. The Hall–Kier alpha value is -8.34. The lowest BCUT2D eigenvalue weighted by Gasteiger charge is -2.50. The van der Waals surface area contributed by atoms with Gasteiger partial charge in [-0.1, -0.05) is 173 Å². The maximum atomic E-state index is 15.2. The molecule has 12 aromatic rings. The van der Waals surface area contributed by atoms with Gasteiger partial charge in [0.1, 0.15) is 11.6 Å². The van der Waals surface area contributed by atoms with Gasteiger partial charge in [0.05, 0.1) is 11.1 Å². The Bertz CT molecular complexity index is 4270. The minimum Gasteiger partial charge on any atom is -0.334 e. The summed E-state index contributed by atoms with van der Waals surface area (Å²) in [5.74, 6) is -0.416. The van der Waals surface area contributed by atoms with E-state index in [0.717, 1.165) is 62.7 Å². The summed E-state index contributed by atoms with van der Waals surface area (Å²) in [6.07, 6.45) is 8.79. The van der Waals surface area contributed by atoms with Gasteiger partial charge in [-0.2, -0.15) is 0 Å². The van der Waals surface area contributed by atoms with E-state index < -0.39 is 0 Å². The molecule has 4 aliphatic rings. The molecule has 0 bridgehead atoms. The lowest BCUT2D eigenvalue weighted by molar-refractivity contribution is 0.195. The molecule has 390 valence electrons. The van der Waals surface area contributed by atoms with Crippen molar-refractivity contribution < 1.29 is 8.78 Å². The number of halogens is 2. The van der Waals surface area contributed by atoms with Crippen molar-refractivity contribution in [1.29, 1.82) is 0 Å². The van der Waals surface area contributed by atoms with E-state index in [0.29, 0.717) is 0 Å². The average molecular weight is 1040 g/mol. The number of nitrogens with zero attached hydrogens (tertiary/aromatic N) is 2. The quantitative estimate of drug-likeness (QED) is 0.153. The van der Waals surface area contributed by atoms with E-state index in [-0.39, 0.29) is 33.5 Å². The fourth-order valence-electron chi connectivity index (χ4n) is 16.7. The number of rotatable bonds is 6. The number of fused-ring (bicyclic) bond motifs is 8. The Morgan fingerprint density at radius 3 is 1.15 bits per heavy atom. The Kier molecular flexibility index (Phi) is 10.2. The normalized spacial score (nSPS) is 22.4. The highest BCUT2D eigenvalue weighted by atomic mass is 19.1. The van der Waals surface area contributed by atoms with Crippen molar-refractivity contribution in [3.05, 3.63) is 229 Å². The highest BCUT2D eigenvalue weighted by Crippen LogP contribution is 2.64. The van der Waals surface area contributed by atoms with E-state index in [9.17, 15) is 0 Å². The average Bonchev–Trinajstić information content (AvgIpc) is 3.94. The van der Waals surface area contributed by atoms with Crippen LogP contribution < -0.4 is 9.80 Å². The van der Waals surface area contributed by atoms with Crippen LogP contribution in [0.5, 0.6) is 0 Å². The molecule has 0 saturated heterocycles. The lowest BCUT2D eigenvalue weighted by atomic mass is 9.61. The van der Waals surface area contributed by atoms with Gasteiger partial charge in [0.15, 0.2) is 0 Å². The molecule has 2 aliphatic carbocycles. The summed E-state index contributed by atoms with van der Waals surface area (Å²) in [4.78, 5) is 4.95. The molecule has 16 rings (SSSR count). The van der Waals surface area contributed by atoms with Gasteiger partial charge in [-0.3, -0.25) is 0 Å². The maximum Gasteiger partial charge on any atom is 0.125 e. The largest absolute Gasteiger partial charge is 0.334 e. The van der Waals surface area contributed by atoms with E-state index in [4.69, 9.17) is 0 Å². The number of hydrogen-bond donors (Lipinski definition) is 0. The molecule has 12 aromatic carbocycles. The molecule has 2 aliphatic heterocycles. The highest BCUT2D eigenvalue weighted by molar-refractivity contribution is 6.33. The Morgan fingerprint density at radius 2 is 0.713 bits per heavy atom. The molecule has 0 aromatic heterocycles. The zero-order valence-electron chi connectivity index (χ0n) is 45.9. The summed E-state index contributed by atoms with van der Waals surface area (Å²) in [6.45, 7) is 9.80. The second kappa shape index (κ2) is 17.1. The van der Waals surface area contributed by atoms with E-state index in [1.807, 2.05) is 12.1 Å². The molecule has 2 fully saturated rings. The minimum absolute atomic E-state index is 0.163. The maximum absolute atomic E-state index is 15.2. The van der Waals surface area contributed by atoms with Crippen molar-refractivity contribution in [2.45, 2.75) is 101 Å². The first-order valence-electron chi connectivity index (χ1n) is 29.1. The summed E-state index contributed by atoms with van der Waals surface area (Å²) in [6, 6.07) is 74.7. The van der Waals surface area contributed by atoms with Gasteiger partial charge in [0.2, 0.25) is 0 Å². The first-order valence-corrected chi connectivity index (χ1v) is 29.1. The third-order valence-corrected chi connectivity index (χ3v) is 21.0. The molecule has 0 radical (unpaired) electrons. The molecular formula is C76H62F2N2. The van der Waals surface area contributed by atoms with Gasteiger partial charge in [-0.05, 0) is 222 Å². The number of benzene rings is 12. The molecule has 80 heavy (non-hydrogen) atoms. The van der Waals surface area contributed by atoms with E-state index in [2.05, 4.69) is 207 Å². The minimum atomic E-state index is -0.229. The summed E-state index contributed by atoms with van der Waals surface area (Å²) in [5, 5.41) is 12.3. The Morgan fingerprint density at radius 1 is 0.325 bits per heavy atom. The van der Waals surface area contributed by atoms with Gasteiger partial charge < -0.3 is 9.80 Å². The SMILES string of the molecule is CC12CCCCC1(C)N(c1cccc(F)c1)c1ccc(-c3cc(-c4cccc5ccccc45)c4ccc5c(-c6ccc7c(c6)C6(C)CCCCC6(C)N7c6cccc(F)c6)cc(-c6cccc7ccccc67)c6ccc3c4c56)cc12. The monoisotopic (exact) mass is 1040 g/mol. The number of anilines is 4. The standard InChI is InChI=1S/C76H62F2N2/c1-73-37-9-11-39-75(73,3)79(53-23-15-21-51(77)43-53)69-35-29-49(41-67(69)73)63-45-65(57-27-13-19-47-17-5-7-25-55(47)57)61-34-32-60-64(46-66(62-33-31-59(63)71(61)72(60)62)58-28-14-20-48-18-6-8-26-56(48)58)50-30-36-70-68(42-50)74(2)38-10-12-40-76(74,4)80(70)54-24-16-22-52(78)44-54/h5-8,13-36,41-46H,9-12,37-40H2,1-4H3. The van der Waals surface area contributed by atoms with Gasteiger partial charge in [0.25, 0.3) is 0 Å². The molecule has 0 amide bonds. The Balaban J connectivity index is 1.00. The van der Waals surface area contributed by atoms with Crippen molar-refractivity contribution in [2.75, 3.05) is 9.80 Å². The van der Waals surface area contributed by atoms with Crippen LogP contribution in [-0.2, 0) is 10.8 Å². The molecule has 4 heteroatoms. The molecule has 2 heterocycles. The molecular weight excluding hydrogens is 979 g/mol. The van der Waals surface area contributed by atoms with Gasteiger partial charge in [-0.25, -0.2) is 8.78 Å². The van der Waals surface area contributed by atoms with Crippen LogP contribution in [0.15, 0.2) is 206 Å². The summed E-state index contributed by atoms with van der Waals surface area (Å²) < 4.78 is 30.4. The molecule has 0 N–H and O–H groups in total. The fraction of sp³-hybridized carbons (Fsp3) is 0.211. The van der Waals surface area contributed by atoms with Gasteiger partial charge in [-0.15, -0.1) is 0 Å². The van der Waals surface area contributed by atoms with Crippen LogP contribution >= 0.6 is 0 Å². The molecule has 2 nitrogen and oxygen atoms in total. The van der Waals surface area contributed by atoms with Crippen LogP contribution in [0.3, 0.4) is 0 Å². The van der Waals surface area contributed by atoms with Crippen molar-refractivity contribution in [2.24, 2.45) is 0 Å². The van der Waals surface area contributed by atoms with Crippen LogP contribution in [0.4, 0.5) is 31.5 Å². The smallest absolute Gasteiger partial charge is 0.125 e. The first kappa shape index (κ1) is 47.6. The Labute approximate surface area is 467 Å². The fourth-order valence-corrected chi connectivity index (χ4v) is 16.7. The molecule has 4 unspecified atom stereocenters. The van der Waals surface area contributed by atoms with Crippen LogP contribution in [0.2, 0.25) is 0 Å². The third kappa shape index (κ3) is 6.45. The van der Waals surface area contributed by atoms with Crippen LogP contribution in [0, 0.1) is 11.6 Å². The second-order valence-electron chi connectivity index (χ2n) is 24.8.